The fourth-order valence-electron chi connectivity index (χ4n) is 2.36. The second-order valence-electron chi connectivity index (χ2n) is 6.41. The van der Waals surface area contributed by atoms with Crippen molar-refractivity contribution < 1.29 is 9.52 Å². The highest BCUT2D eigenvalue weighted by molar-refractivity contribution is 9.10. The number of fused-ring (bicyclic) bond motifs is 1. The van der Waals surface area contributed by atoms with Crippen molar-refractivity contribution in [2.45, 2.75) is 38.5 Å². The highest BCUT2D eigenvalue weighted by Crippen LogP contribution is 2.36. The Kier molecular flexibility index (Phi) is 5.41. The summed E-state index contributed by atoms with van der Waals surface area (Å²) < 4.78 is 6.71. The van der Waals surface area contributed by atoms with Crippen LogP contribution in [0, 0.1) is 0 Å². The van der Waals surface area contributed by atoms with Crippen LogP contribution in [0.15, 0.2) is 32.5 Å². The van der Waals surface area contributed by atoms with Gasteiger partial charge in [-0.1, -0.05) is 17.7 Å². The molecule has 3 aromatic rings. The van der Waals surface area contributed by atoms with Crippen LogP contribution in [-0.2, 0) is 13.0 Å². The van der Waals surface area contributed by atoms with E-state index in [1.807, 2.05) is 11.4 Å². The predicted molar refractivity (Wildman–Crippen MR) is 106 cm³/mol. The minimum atomic E-state index is -1.01. The minimum absolute atomic E-state index is 0.376. The van der Waals surface area contributed by atoms with E-state index in [1.165, 1.54) is 4.88 Å². The first-order valence-corrected chi connectivity index (χ1v) is 9.82. The van der Waals surface area contributed by atoms with Gasteiger partial charge in [0, 0.05) is 30.0 Å². The van der Waals surface area contributed by atoms with E-state index in [0.717, 1.165) is 5.69 Å². The molecule has 0 aliphatic heterocycles. The fraction of sp³-hybridized carbons (Fsp3) is 0.353. The third-order valence-corrected chi connectivity index (χ3v) is 5.85. The molecule has 0 bridgehead atoms. The molecule has 0 amide bonds. The molecule has 3 heterocycles. The lowest BCUT2D eigenvalue weighted by Gasteiger charge is -2.24. The lowest BCUT2D eigenvalue weighted by Crippen LogP contribution is -2.44. The Morgan fingerprint density at radius 1 is 1.52 bits per heavy atom. The Morgan fingerprint density at radius 2 is 2.28 bits per heavy atom. The van der Waals surface area contributed by atoms with E-state index in [4.69, 9.17) is 21.8 Å². The van der Waals surface area contributed by atoms with Crippen molar-refractivity contribution in [1.82, 2.24) is 4.98 Å². The lowest BCUT2D eigenvalue weighted by atomic mass is 9.96. The molecule has 0 fully saturated rings. The molecule has 0 saturated carbocycles. The van der Waals surface area contributed by atoms with Crippen molar-refractivity contribution in [3.8, 4) is 0 Å². The smallest absolute Gasteiger partial charge is 0.177 e. The number of rotatable bonds is 6. The summed E-state index contributed by atoms with van der Waals surface area (Å²) >= 11 is 11.4. The first-order valence-electron chi connectivity index (χ1n) is 7.77. The molecule has 0 aliphatic carbocycles. The predicted octanol–water partition coefficient (Wildman–Crippen LogP) is 4.56. The van der Waals surface area contributed by atoms with E-state index in [-0.39, 0.29) is 0 Å². The molecule has 1 atom stereocenters. The topological polar surface area (TPSA) is 84.3 Å². The van der Waals surface area contributed by atoms with Crippen LogP contribution in [0.2, 0.25) is 5.15 Å². The van der Waals surface area contributed by atoms with Crippen molar-refractivity contribution in [2.75, 3.05) is 5.32 Å². The number of thiophene rings is 1. The third-order valence-electron chi connectivity index (χ3n) is 3.97. The number of hydrogen-bond donors (Lipinski definition) is 3. The number of hydrogen-bond acceptors (Lipinski definition) is 6. The van der Waals surface area contributed by atoms with Gasteiger partial charge in [-0.25, -0.2) is 4.98 Å². The number of halogens is 2. The Hall–Kier alpha value is -1.12. The van der Waals surface area contributed by atoms with Gasteiger partial charge in [0.05, 0.1) is 15.8 Å². The van der Waals surface area contributed by atoms with Crippen LogP contribution in [0.1, 0.15) is 24.5 Å². The maximum atomic E-state index is 10.1. The van der Waals surface area contributed by atoms with Gasteiger partial charge < -0.3 is 20.6 Å². The first-order chi connectivity index (χ1) is 11.8. The van der Waals surface area contributed by atoms with Gasteiger partial charge in [-0.2, -0.15) is 0 Å². The Balaban J connectivity index is 1.94. The molecule has 0 aliphatic rings. The third kappa shape index (κ3) is 4.17. The maximum absolute atomic E-state index is 10.1. The zero-order valence-electron chi connectivity index (χ0n) is 13.8. The molecule has 0 radical (unpaired) electrons. The van der Waals surface area contributed by atoms with Crippen molar-refractivity contribution in [3.63, 3.8) is 0 Å². The van der Waals surface area contributed by atoms with E-state index in [1.54, 1.807) is 31.3 Å². The van der Waals surface area contributed by atoms with Crippen LogP contribution >= 0.6 is 38.9 Å². The molecule has 5 nitrogen and oxygen atoms in total. The van der Waals surface area contributed by atoms with Crippen LogP contribution in [0.3, 0.4) is 0 Å². The average molecular weight is 445 g/mol. The molecular weight excluding hydrogens is 426 g/mol. The molecule has 0 unspecified atom stereocenters. The highest BCUT2D eigenvalue weighted by Gasteiger charge is 2.27. The van der Waals surface area contributed by atoms with E-state index >= 15 is 0 Å². The summed E-state index contributed by atoms with van der Waals surface area (Å²) in [6.07, 6.45) is 0.377. The quantitative estimate of drug-likeness (QED) is 0.485. The lowest BCUT2D eigenvalue weighted by molar-refractivity contribution is 0.0504. The second kappa shape index (κ2) is 7.25. The minimum Gasteiger partial charge on any atom is -0.456 e. The van der Waals surface area contributed by atoms with Gasteiger partial charge in [0.1, 0.15) is 16.4 Å². The molecule has 0 saturated heterocycles. The fourth-order valence-corrected chi connectivity index (χ4v) is 3.71. The van der Waals surface area contributed by atoms with Gasteiger partial charge in [0.15, 0.2) is 5.58 Å². The van der Waals surface area contributed by atoms with Gasteiger partial charge in [0.2, 0.25) is 0 Å². The summed E-state index contributed by atoms with van der Waals surface area (Å²) in [6.45, 7) is 4.03. The van der Waals surface area contributed by atoms with Crippen LogP contribution in [0.5, 0.6) is 0 Å². The van der Waals surface area contributed by atoms with E-state index in [9.17, 15) is 5.11 Å². The Labute approximate surface area is 163 Å². The van der Waals surface area contributed by atoms with Crippen molar-refractivity contribution >= 4 is 55.7 Å². The van der Waals surface area contributed by atoms with Crippen LogP contribution in [-0.4, -0.2) is 21.7 Å². The van der Waals surface area contributed by atoms with Gasteiger partial charge in [-0.3, -0.25) is 0 Å². The maximum Gasteiger partial charge on any atom is 0.177 e. The molecule has 25 heavy (non-hydrogen) atoms. The summed E-state index contributed by atoms with van der Waals surface area (Å²) in [5.41, 5.74) is 7.09. The Morgan fingerprint density at radius 3 is 2.92 bits per heavy atom. The Bertz CT molecular complexity index is 874. The zero-order valence-corrected chi connectivity index (χ0v) is 17.0. The van der Waals surface area contributed by atoms with E-state index < -0.39 is 11.6 Å². The number of furan rings is 1. The highest BCUT2D eigenvalue weighted by atomic mass is 79.9. The van der Waals surface area contributed by atoms with Crippen LogP contribution in [0.4, 0.5) is 5.69 Å². The molecule has 8 heteroatoms. The summed E-state index contributed by atoms with van der Waals surface area (Å²) in [7, 11) is 0. The normalized spacial score (nSPS) is 13.4. The van der Waals surface area contributed by atoms with E-state index in [2.05, 4.69) is 32.3 Å². The van der Waals surface area contributed by atoms with Gasteiger partial charge in [0.25, 0.3) is 0 Å². The monoisotopic (exact) mass is 443 g/mol. The zero-order chi connectivity index (χ0) is 18.2. The van der Waals surface area contributed by atoms with Crippen molar-refractivity contribution in [2.24, 2.45) is 5.73 Å². The first kappa shape index (κ1) is 18.7. The standard InChI is InChI=1S/C17H19BrClN3O2S/c1-17(2,23)12(20)7-11-14(18)15-16(24-11)10(6-13(19)22-15)21-8-9-4-3-5-25-9/h3-6,12,23H,7-8,20H2,1-2H3,(H,21,22)/t12-/m1/s1. The average Bonchev–Trinajstić information content (AvgIpc) is 3.14. The molecule has 134 valence electrons. The molecule has 0 spiro atoms. The number of aromatic nitrogens is 1. The second-order valence-corrected chi connectivity index (χ2v) is 8.62. The number of aliphatic hydroxyl groups is 1. The summed E-state index contributed by atoms with van der Waals surface area (Å²) in [6, 6.07) is 5.34. The molecule has 4 N–H and O–H groups in total. The molecule has 3 aromatic heterocycles. The number of nitrogens with zero attached hydrogens (tertiary/aromatic N) is 1. The molecule has 0 aromatic carbocycles. The summed E-state index contributed by atoms with van der Waals surface area (Å²) in [5.74, 6) is 0.638. The largest absolute Gasteiger partial charge is 0.456 e. The SMILES string of the molecule is CC(C)(O)[C@H](N)Cc1oc2c(NCc3cccs3)cc(Cl)nc2c1Br. The number of pyridine rings is 1. The molecular formula is C17H19BrClN3O2S. The summed E-state index contributed by atoms with van der Waals surface area (Å²) in [4.78, 5) is 5.56. The van der Waals surface area contributed by atoms with Crippen molar-refractivity contribution in [3.05, 3.63) is 43.8 Å². The van der Waals surface area contributed by atoms with Gasteiger partial charge >= 0.3 is 0 Å². The van der Waals surface area contributed by atoms with Gasteiger partial charge in [-0.05, 0) is 41.2 Å². The molecule has 3 rings (SSSR count). The van der Waals surface area contributed by atoms with Gasteiger partial charge in [-0.15, -0.1) is 11.3 Å². The van der Waals surface area contributed by atoms with Crippen LogP contribution < -0.4 is 11.1 Å². The number of nitrogens with one attached hydrogen (secondary N) is 1. The van der Waals surface area contributed by atoms with Crippen LogP contribution in [0.25, 0.3) is 11.1 Å². The van der Waals surface area contributed by atoms with E-state index in [0.29, 0.717) is 39.5 Å². The summed E-state index contributed by atoms with van der Waals surface area (Å²) in [5, 5.41) is 15.8. The number of anilines is 1. The number of nitrogens with two attached hydrogens (primary N) is 1. The van der Waals surface area contributed by atoms with Crippen molar-refractivity contribution in [1.29, 1.82) is 0 Å².